The maximum atomic E-state index is 5.72. The van der Waals surface area contributed by atoms with Gasteiger partial charge < -0.3 is 0 Å². The normalized spacial score (nSPS) is 39.3. The highest BCUT2D eigenvalue weighted by atomic mass is 15.5. The maximum Gasteiger partial charge on any atom is 0.0286 e. The van der Waals surface area contributed by atoms with Gasteiger partial charge in [0, 0.05) is 31.2 Å². The molecule has 2 N–H and O–H groups in total. The van der Waals surface area contributed by atoms with Crippen molar-refractivity contribution in [1.29, 1.82) is 0 Å². The average Bonchev–Trinajstić information content (AvgIpc) is 1.84. The Kier molecular flexibility index (Phi) is 1.67. The summed E-state index contributed by atoms with van der Waals surface area (Å²) in [5.74, 6) is 5.72. The number of rotatable bonds is 1. The number of hydrogen-bond acceptors (Lipinski definition) is 3. The van der Waals surface area contributed by atoms with E-state index >= 15 is 0 Å². The zero-order valence-corrected chi connectivity index (χ0v) is 7.33. The van der Waals surface area contributed by atoms with Crippen molar-refractivity contribution in [2.75, 3.05) is 13.1 Å². The summed E-state index contributed by atoms with van der Waals surface area (Å²) in [6.45, 7) is 6.67. The van der Waals surface area contributed by atoms with E-state index in [-0.39, 0.29) is 0 Å². The molecule has 64 valence electrons. The van der Waals surface area contributed by atoms with Crippen molar-refractivity contribution in [3.8, 4) is 0 Å². The molecule has 1 unspecified atom stereocenters. The van der Waals surface area contributed by atoms with Crippen LogP contribution in [-0.4, -0.2) is 41.1 Å². The van der Waals surface area contributed by atoms with Crippen LogP contribution in [0, 0.1) is 0 Å². The molecule has 2 bridgehead atoms. The molecule has 3 nitrogen and oxygen atoms in total. The molecule has 0 spiro atoms. The quantitative estimate of drug-likeness (QED) is 0.542. The first-order chi connectivity index (χ1) is 5.18. The van der Waals surface area contributed by atoms with E-state index in [1.54, 1.807) is 0 Å². The van der Waals surface area contributed by atoms with Crippen LogP contribution < -0.4 is 5.84 Å². The minimum Gasteiger partial charge on any atom is -0.292 e. The Bertz CT molecular complexity index is 145. The molecule has 3 fully saturated rings. The van der Waals surface area contributed by atoms with Crippen molar-refractivity contribution in [3.63, 3.8) is 0 Å². The monoisotopic (exact) mass is 155 g/mol. The molecule has 0 saturated carbocycles. The molecule has 0 aromatic rings. The standard InChI is InChI=1S/C8H17N3/c1-6(2)11-7-3-8(11)5-10(9)4-7/h6-8H,3-5,9H2,1-2H3/t7-,8?/m1/s1. The van der Waals surface area contributed by atoms with E-state index in [9.17, 15) is 0 Å². The second-order valence-corrected chi connectivity index (χ2v) is 4.04. The molecule has 2 atom stereocenters. The number of piperidine rings is 1. The van der Waals surface area contributed by atoms with Crippen LogP contribution in [0.5, 0.6) is 0 Å². The van der Waals surface area contributed by atoms with Gasteiger partial charge in [-0.2, -0.15) is 0 Å². The Balaban J connectivity index is 1.98. The van der Waals surface area contributed by atoms with E-state index in [2.05, 4.69) is 18.7 Å². The molecule has 0 aromatic heterocycles. The third kappa shape index (κ3) is 1.08. The Labute approximate surface area is 68.1 Å². The summed E-state index contributed by atoms with van der Waals surface area (Å²) in [5.41, 5.74) is 0. The lowest BCUT2D eigenvalue weighted by Crippen LogP contribution is -2.71. The molecule has 3 rings (SSSR count). The fraction of sp³-hybridized carbons (Fsp3) is 1.00. The van der Waals surface area contributed by atoms with Crippen molar-refractivity contribution in [3.05, 3.63) is 0 Å². The van der Waals surface area contributed by atoms with E-state index < -0.39 is 0 Å². The van der Waals surface area contributed by atoms with E-state index in [1.165, 1.54) is 6.42 Å². The second kappa shape index (κ2) is 2.44. The molecular formula is C8H17N3. The topological polar surface area (TPSA) is 32.5 Å². The van der Waals surface area contributed by atoms with Gasteiger partial charge in [-0.3, -0.25) is 10.7 Å². The molecule has 3 aliphatic rings. The van der Waals surface area contributed by atoms with Crippen LogP contribution >= 0.6 is 0 Å². The summed E-state index contributed by atoms with van der Waals surface area (Å²) in [5, 5.41) is 1.96. The Morgan fingerprint density at radius 1 is 1.27 bits per heavy atom. The first-order valence-corrected chi connectivity index (χ1v) is 4.45. The van der Waals surface area contributed by atoms with Crippen LogP contribution in [0.4, 0.5) is 0 Å². The van der Waals surface area contributed by atoms with Gasteiger partial charge in [0.2, 0.25) is 0 Å². The summed E-state index contributed by atoms with van der Waals surface area (Å²) < 4.78 is 0. The van der Waals surface area contributed by atoms with Gasteiger partial charge in [-0.15, -0.1) is 0 Å². The number of nitrogens with two attached hydrogens (primary N) is 1. The van der Waals surface area contributed by atoms with Crippen molar-refractivity contribution in [1.82, 2.24) is 9.91 Å². The first-order valence-electron chi connectivity index (χ1n) is 4.45. The van der Waals surface area contributed by atoms with Gasteiger partial charge in [0.05, 0.1) is 0 Å². The van der Waals surface area contributed by atoms with Gasteiger partial charge in [0.1, 0.15) is 0 Å². The minimum atomic E-state index is 0.701. The molecular weight excluding hydrogens is 138 g/mol. The molecule has 11 heavy (non-hydrogen) atoms. The Hall–Kier alpha value is -0.120. The van der Waals surface area contributed by atoms with E-state index in [4.69, 9.17) is 5.84 Å². The summed E-state index contributed by atoms with van der Waals surface area (Å²) in [4.78, 5) is 2.59. The molecule has 0 radical (unpaired) electrons. The predicted octanol–water partition coefficient (Wildman–Crippen LogP) is 0.0270. The molecule has 3 saturated heterocycles. The molecule has 0 aliphatic carbocycles. The summed E-state index contributed by atoms with van der Waals surface area (Å²) in [7, 11) is 0. The largest absolute Gasteiger partial charge is 0.292 e. The molecule has 3 aliphatic heterocycles. The van der Waals surface area contributed by atoms with Crippen molar-refractivity contribution >= 4 is 0 Å². The first kappa shape index (κ1) is 7.53. The van der Waals surface area contributed by atoms with Crippen LogP contribution in [0.15, 0.2) is 0 Å². The lowest BCUT2D eigenvalue weighted by molar-refractivity contribution is -0.0882. The summed E-state index contributed by atoms with van der Waals surface area (Å²) in [6.07, 6.45) is 1.37. The second-order valence-electron chi connectivity index (χ2n) is 4.04. The van der Waals surface area contributed by atoms with Crippen LogP contribution in [0.25, 0.3) is 0 Å². The van der Waals surface area contributed by atoms with Gasteiger partial charge in [-0.05, 0) is 20.3 Å². The van der Waals surface area contributed by atoms with Crippen molar-refractivity contribution in [2.24, 2.45) is 5.84 Å². The lowest BCUT2D eigenvalue weighted by Gasteiger charge is -2.57. The lowest BCUT2D eigenvalue weighted by atomic mass is 9.87. The third-order valence-corrected chi connectivity index (χ3v) is 2.87. The van der Waals surface area contributed by atoms with E-state index in [0.717, 1.165) is 25.2 Å². The summed E-state index contributed by atoms with van der Waals surface area (Å²) >= 11 is 0. The number of hydrogen-bond donors (Lipinski definition) is 1. The van der Waals surface area contributed by atoms with Gasteiger partial charge >= 0.3 is 0 Å². The zero-order chi connectivity index (χ0) is 8.01. The Morgan fingerprint density at radius 3 is 2.27 bits per heavy atom. The Morgan fingerprint density at radius 2 is 1.82 bits per heavy atom. The highest BCUT2D eigenvalue weighted by Crippen LogP contribution is 2.32. The minimum absolute atomic E-state index is 0.701. The van der Waals surface area contributed by atoms with Gasteiger partial charge in [-0.25, -0.2) is 5.01 Å². The highest BCUT2D eigenvalue weighted by molar-refractivity contribution is 5.00. The number of hydrazine groups is 1. The third-order valence-electron chi connectivity index (χ3n) is 2.87. The molecule has 0 aromatic carbocycles. The van der Waals surface area contributed by atoms with Gasteiger partial charge in [0.25, 0.3) is 0 Å². The van der Waals surface area contributed by atoms with Crippen LogP contribution in [-0.2, 0) is 0 Å². The van der Waals surface area contributed by atoms with E-state index in [1.807, 2.05) is 5.01 Å². The SMILES string of the molecule is CC(C)N1C2C[C@@H]1CN(N)C2. The number of nitrogens with zero attached hydrogens (tertiary/aromatic N) is 2. The predicted molar refractivity (Wildman–Crippen MR) is 44.9 cm³/mol. The highest BCUT2D eigenvalue weighted by Gasteiger charge is 2.44. The van der Waals surface area contributed by atoms with E-state index in [0.29, 0.717) is 6.04 Å². The fourth-order valence-corrected chi connectivity index (χ4v) is 2.51. The zero-order valence-electron chi connectivity index (χ0n) is 7.33. The number of fused-ring (bicyclic) bond motifs is 2. The number of piperazine rings is 1. The summed E-state index contributed by atoms with van der Waals surface area (Å²) in [6, 6.07) is 2.20. The van der Waals surface area contributed by atoms with Gasteiger partial charge in [-0.1, -0.05) is 0 Å². The van der Waals surface area contributed by atoms with Crippen LogP contribution in [0.3, 0.4) is 0 Å². The smallest absolute Gasteiger partial charge is 0.0286 e. The maximum absolute atomic E-state index is 5.72. The molecule has 3 heteroatoms. The average molecular weight is 155 g/mol. The van der Waals surface area contributed by atoms with Crippen LogP contribution in [0.2, 0.25) is 0 Å². The van der Waals surface area contributed by atoms with Crippen LogP contribution in [0.1, 0.15) is 20.3 Å². The van der Waals surface area contributed by atoms with Crippen molar-refractivity contribution in [2.45, 2.75) is 38.4 Å². The van der Waals surface area contributed by atoms with Crippen molar-refractivity contribution < 1.29 is 0 Å². The fourth-order valence-electron chi connectivity index (χ4n) is 2.51. The molecule has 3 heterocycles. The molecule has 0 amide bonds. The van der Waals surface area contributed by atoms with Gasteiger partial charge in [0.15, 0.2) is 0 Å².